The van der Waals surface area contributed by atoms with Gasteiger partial charge in [0.15, 0.2) is 0 Å². The van der Waals surface area contributed by atoms with E-state index >= 15 is 0 Å². The van der Waals surface area contributed by atoms with E-state index in [1.165, 1.54) is 0 Å². The molecule has 4 nitrogen and oxygen atoms in total. The van der Waals surface area contributed by atoms with E-state index in [1.807, 2.05) is 0 Å². The Kier molecular flexibility index (Phi) is 3.03. The van der Waals surface area contributed by atoms with E-state index in [9.17, 15) is 9.90 Å². The SMILES string of the molecule is O=C1CC(CN[C@@H]2CCC[C@H]2O)CN1. The van der Waals surface area contributed by atoms with Crippen molar-refractivity contribution in [2.45, 2.75) is 37.8 Å². The van der Waals surface area contributed by atoms with Gasteiger partial charge in [0, 0.05) is 25.6 Å². The highest BCUT2D eigenvalue weighted by molar-refractivity contribution is 5.78. The number of rotatable bonds is 3. The maximum atomic E-state index is 10.9. The van der Waals surface area contributed by atoms with Crippen LogP contribution in [0.2, 0.25) is 0 Å². The van der Waals surface area contributed by atoms with E-state index in [0.29, 0.717) is 12.3 Å². The number of amides is 1. The molecule has 14 heavy (non-hydrogen) atoms. The summed E-state index contributed by atoms with van der Waals surface area (Å²) in [4.78, 5) is 10.9. The van der Waals surface area contributed by atoms with Crippen LogP contribution in [0.25, 0.3) is 0 Å². The predicted molar refractivity (Wildman–Crippen MR) is 52.8 cm³/mol. The van der Waals surface area contributed by atoms with Crippen LogP contribution in [-0.2, 0) is 4.79 Å². The van der Waals surface area contributed by atoms with Gasteiger partial charge in [0.1, 0.15) is 0 Å². The highest BCUT2D eigenvalue weighted by Gasteiger charge is 2.27. The van der Waals surface area contributed by atoms with E-state index in [1.54, 1.807) is 0 Å². The molecule has 0 spiro atoms. The van der Waals surface area contributed by atoms with Crippen LogP contribution in [0.3, 0.4) is 0 Å². The van der Waals surface area contributed by atoms with Crippen molar-refractivity contribution in [2.24, 2.45) is 5.92 Å². The first-order valence-corrected chi connectivity index (χ1v) is 5.44. The lowest BCUT2D eigenvalue weighted by molar-refractivity contribution is -0.119. The Morgan fingerprint density at radius 3 is 2.93 bits per heavy atom. The molecule has 0 aromatic carbocycles. The van der Waals surface area contributed by atoms with Crippen LogP contribution >= 0.6 is 0 Å². The normalized spacial score (nSPS) is 37.5. The smallest absolute Gasteiger partial charge is 0.220 e. The molecule has 2 aliphatic rings. The predicted octanol–water partition coefficient (Wildman–Crippen LogP) is -0.374. The number of nitrogens with one attached hydrogen (secondary N) is 2. The number of hydrogen-bond acceptors (Lipinski definition) is 3. The third-order valence-electron chi connectivity index (χ3n) is 3.21. The zero-order chi connectivity index (χ0) is 9.97. The highest BCUT2D eigenvalue weighted by atomic mass is 16.3. The molecular weight excluding hydrogens is 180 g/mol. The number of aliphatic hydroxyl groups is 1. The molecule has 0 radical (unpaired) electrons. The van der Waals surface area contributed by atoms with Gasteiger partial charge >= 0.3 is 0 Å². The summed E-state index contributed by atoms with van der Waals surface area (Å²) in [6, 6.07) is 0.255. The first-order valence-electron chi connectivity index (χ1n) is 5.44. The largest absolute Gasteiger partial charge is 0.392 e. The molecule has 4 heteroatoms. The van der Waals surface area contributed by atoms with Crippen molar-refractivity contribution in [1.29, 1.82) is 0 Å². The average molecular weight is 198 g/mol. The standard InChI is InChI=1S/C10H18N2O2/c13-9-3-1-2-8(9)11-5-7-4-10(14)12-6-7/h7-9,11,13H,1-6H2,(H,12,14)/t7?,8-,9-/m1/s1. The van der Waals surface area contributed by atoms with Gasteiger partial charge in [-0.2, -0.15) is 0 Å². The minimum Gasteiger partial charge on any atom is -0.392 e. The first-order chi connectivity index (χ1) is 6.75. The highest BCUT2D eigenvalue weighted by Crippen LogP contribution is 2.19. The van der Waals surface area contributed by atoms with Crippen molar-refractivity contribution in [1.82, 2.24) is 10.6 Å². The van der Waals surface area contributed by atoms with Crippen molar-refractivity contribution in [2.75, 3.05) is 13.1 Å². The van der Waals surface area contributed by atoms with Gasteiger partial charge in [-0.25, -0.2) is 0 Å². The molecule has 2 rings (SSSR count). The Hall–Kier alpha value is -0.610. The molecule has 1 amide bonds. The molecule has 1 aliphatic heterocycles. The molecule has 1 saturated heterocycles. The van der Waals surface area contributed by atoms with Gasteiger partial charge < -0.3 is 15.7 Å². The molecular formula is C10H18N2O2. The van der Waals surface area contributed by atoms with Crippen LogP contribution < -0.4 is 10.6 Å². The summed E-state index contributed by atoms with van der Waals surface area (Å²) in [5.74, 6) is 0.569. The fraction of sp³-hybridized carbons (Fsp3) is 0.900. The molecule has 3 N–H and O–H groups in total. The Bertz CT molecular complexity index is 220. The Balaban J connectivity index is 1.69. The van der Waals surface area contributed by atoms with Gasteiger partial charge in [-0.15, -0.1) is 0 Å². The lowest BCUT2D eigenvalue weighted by Crippen LogP contribution is -2.38. The summed E-state index contributed by atoms with van der Waals surface area (Å²) in [5.41, 5.74) is 0. The monoisotopic (exact) mass is 198 g/mol. The topological polar surface area (TPSA) is 61.4 Å². The van der Waals surface area contributed by atoms with Crippen molar-refractivity contribution < 1.29 is 9.90 Å². The van der Waals surface area contributed by atoms with Crippen LogP contribution in [0, 0.1) is 5.92 Å². The Morgan fingerprint density at radius 1 is 1.50 bits per heavy atom. The third kappa shape index (κ3) is 2.25. The fourth-order valence-electron chi connectivity index (χ4n) is 2.31. The van der Waals surface area contributed by atoms with Gasteiger partial charge in [0.2, 0.25) is 5.91 Å². The third-order valence-corrected chi connectivity index (χ3v) is 3.21. The quantitative estimate of drug-likeness (QED) is 0.579. The minimum absolute atomic E-state index is 0.156. The second kappa shape index (κ2) is 4.28. The number of hydrogen-bond donors (Lipinski definition) is 3. The average Bonchev–Trinajstić information content (AvgIpc) is 2.72. The van der Waals surface area contributed by atoms with Crippen LogP contribution in [0.4, 0.5) is 0 Å². The van der Waals surface area contributed by atoms with E-state index in [4.69, 9.17) is 0 Å². The second-order valence-electron chi connectivity index (χ2n) is 4.39. The Morgan fingerprint density at radius 2 is 2.36 bits per heavy atom. The molecule has 1 unspecified atom stereocenters. The van der Waals surface area contributed by atoms with E-state index < -0.39 is 0 Å². The molecule has 1 heterocycles. The van der Waals surface area contributed by atoms with Gasteiger partial charge in [-0.1, -0.05) is 0 Å². The van der Waals surface area contributed by atoms with Gasteiger partial charge in [0.25, 0.3) is 0 Å². The lowest BCUT2D eigenvalue weighted by atomic mass is 10.1. The number of carbonyl (C=O) groups is 1. The molecule has 0 aromatic heterocycles. The van der Waals surface area contributed by atoms with Crippen LogP contribution in [0.15, 0.2) is 0 Å². The summed E-state index contributed by atoms with van der Waals surface area (Å²) in [6.45, 7) is 1.63. The second-order valence-corrected chi connectivity index (χ2v) is 4.39. The van der Waals surface area contributed by atoms with Gasteiger partial charge in [-0.05, 0) is 25.2 Å². The molecule has 1 aliphatic carbocycles. The summed E-state index contributed by atoms with van der Waals surface area (Å²) in [5, 5.41) is 15.7. The molecule has 0 bridgehead atoms. The zero-order valence-corrected chi connectivity index (χ0v) is 8.33. The molecule has 1 saturated carbocycles. The zero-order valence-electron chi connectivity index (χ0n) is 8.33. The maximum Gasteiger partial charge on any atom is 0.220 e. The van der Waals surface area contributed by atoms with Crippen LogP contribution in [0.5, 0.6) is 0 Å². The van der Waals surface area contributed by atoms with Crippen molar-refractivity contribution in [3.05, 3.63) is 0 Å². The Labute approximate surface area is 84.1 Å². The fourth-order valence-corrected chi connectivity index (χ4v) is 2.31. The summed E-state index contributed by atoms with van der Waals surface area (Å²) >= 11 is 0. The minimum atomic E-state index is -0.180. The van der Waals surface area contributed by atoms with Gasteiger partial charge in [0.05, 0.1) is 6.10 Å². The van der Waals surface area contributed by atoms with Crippen LogP contribution in [-0.4, -0.2) is 36.2 Å². The maximum absolute atomic E-state index is 10.9. The van der Waals surface area contributed by atoms with E-state index in [2.05, 4.69) is 10.6 Å². The van der Waals surface area contributed by atoms with Crippen molar-refractivity contribution in [3.8, 4) is 0 Å². The number of aliphatic hydroxyl groups excluding tert-OH is 1. The number of carbonyl (C=O) groups excluding carboxylic acids is 1. The van der Waals surface area contributed by atoms with E-state index in [0.717, 1.165) is 32.4 Å². The first kappa shape index (κ1) is 9.93. The lowest BCUT2D eigenvalue weighted by Gasteiger charge is -2.18. The van der Waals surface area contributed by atoms with Crippen LogP contribution in [0.1, 0.15) is 25.7 Å². The summed E-state index contributed by atoms with van der Waals surface area (Å²) in [7, 11) is 0. The molecule has 0 aromatic rings. The summed E-state index contributed by atoms with van der Waals surface area (Å²) in [6.07, 6.45) is 3.55. The van der Waals surface area contributed by atoms with Crippen molar-refractivity contribution in [3.63, 3.8) is 0 Å². The molecule has 2 fully saturated rings. The molecule has 80 valence electrons. The van der Waals surface area contributed by atoms with Crippen molar-refractivity contribution >= 4 is 5.91 Å². The van der Waals surface area contributed by atoms with Gasteiger partial charge in [-0.3, -0.25) is 4.79 Å². The summed E-state index contributed by atoms with van der Waals surface area (Å²) < 4.78 is 0. The van der Waals surface area contributed by atoms with E-state index in [-0.39, 0.29) is 18.1 Å². The molecule has 3 atom stereocenters.